The summed E-state index contributed by atoms with van der Waals surface area (Å²) < 4.78 is 0. The van der Waals surface area contributed by atoms with Crippen molar-refractivity contribution in [1.82, 2.24) is 9.88 Å². The number of fused-ring (bicyclic) bond motifs is 1. The summed E-state index contributed by atoms with van der Waals surface area (Å²) in [6.07, 6.45) is 1.81. The van der Waals surface area contributed by atoms with Gasteiger partial charge in [-0.3, -0.25) is 9.59 Å². The molecule has 2 N–H and O–H groups in total. The lowest BCUT2D eigenvalue weighted by molar-refractivity contribution is -0.895. The number of Topliss-reactive ketones (excluding diaryl/α,β-unsaturated/α-hetero) is 1. The molecule has 3 aromatic rings. The Morgan fingerprint density at radius 1 is 0.962 bits per heavy atom. The summed E-state index contributed by atoms with van der Waals surface area (Å²) in [4.78, 5) is 31.5. The number of para-hydroxylation sites is 1. The second-order valence-corrected chi connectivity index (χ2v) is 6.76. The molecule has 1 aliphatic rings. The first-order valence-electron chi connectivity index (χ1n) is 8.99. The van der Waals surface area contributed by atoms with Crippen molar-refractivity contribution in [2.45, 2.75) is 0 Å². The molecule has 26 heavy (non-hydrogen) atoms. The lowest BCUT2D eigenvalue weighted by atomic mass is 10.1. The minimum Gasteiger partial charge on any atom is -0.360 e. The summed E-state index contributed by atoms with van der Waals surface area (Å²) >= 11 is 0. The zero-order chi connectivity index (χ0) is 17.9. The molecule has 1 fully saturated rings. The fourth-order valence-corrected chi connectivity index (χ4v) is 3.59. The van der Waals surface area contributed by atoms with E-state index in [1.165, 1.54) is 4.90 Å². The highest BCUT2D eigenvalue weighted by Crippen LogP contribution is 2.17. The van der Waals surface area contributed by atoms with E-state index in [2.05, 4.69) is 4.98 Å². The number of piperazine rings is 1. The van der Waals surface area contributed by atoms with Gasteiger partial charge in [-0.2, -0.15) is 0 Å². The Kier molecular flexibility index (Phi) is 4.54. The number of nitrogens with one attached hydrogen (secondary N) is 2. The second-order valence-electron chi connectivity index (χ2n) is 6.76. The number of ketones is 1. The van der Waals surface area contributed by atoms with Gasteiger partial charge in [-0.25, -0.2) is 0 Å². The van der Waals surface area contributed by atoms with E-state index in [1.54, 1.807) is 0 Å². The maximum atomic E-state index is 12.7. The molecule has 1 saturated heterocycles. The van der Waals surface area contributed by atoms with E-state index in [-0.39, 0.29) is 11.7 Å². The molecule has 2 aromatic carbocycles. The van der Waals surface area contributed by atoms with Crippen LogP contribution in [0.1, 0.15) is 20.7 Å². The van der Waals surface area contributed by atoms with Crippen LogP contribution < -0.4 is 4.90 Å². The Hall–Kier alpha value is -2.92. The van der Waals surface area contributed by atoms with Crippen molar-refractivity contribution in [3.05, 3.63) is 71.9 Å². The average Bonchev–Trinajstić information content (AvgIpc) is 3.13. The van der Waals surface area contributed by atoms with E-state index in [1.807, 2.05) is 65.7 Å². The van der Waals surface area contributed by atoms with E-state index in [4.69, 9.17) is 0 Å². The van der Waals surface area contributed by atoms with E-state index >= 15 is 0 Å². The summed E-state index contributed by atoms with van der Waals surface area (Å²) in [5, 5.41) is 0.981. The number of hydrogen-bond acceptors (Lipinski definition) is 2. The van der Waals surface area contributed by atoms with Gasteiger partial charge in [0, 0.05) is 28.2 Å². The SMILES string of the molecule is O=C(C[NH+]1CCN(C(=O)c2ccccc2)CC1)c1c[nH]c2ccccc12. The Labute approximate surface area is 152 Å². The Bertz CT molecular complexity index is 925. The first kappa shape index (κ1) is 16.5. The third-order valence-electron chi connectivity index (χ3n) is 5.08. The summed E-state index contributed by atoms with van der Waals surface area (Å²) in [5.41, 5.74) is 2.48. The molecule has 0 aliphatic carbocycles. The molecule has 1 aliphatic heterocycles. The number of hydrogen-bond donors (Lipinski definition) is 2. The van der Waals surface area contributed by atoms with Gasteiger partial charge in [-0.15, -0.1) is 0 Å². The van der Waals surface area contributed by atoms with Crippen LogP contribution in [-0.2, 0) is 0 Å². The van der Waals surface area contributed by atoms with E-state index in [9.17, 15) is 9.59 Å². The van der Waals surface area contributed by atoms with Gasteiger partial charge < -0.3 is 14.8 Å². The Morgan fingerprint density at radius 2 is 1.65 bits per heavy atom. The number of nitrogens with zero attached hydrogens (tertiary/aromatic N) is 1. The van der Waals surface area contributed by atoms with E-state index < -0.39 is 0 Å². The highest BCUT2D eigenvalue weighted by molar-refractivity contribution is 6.08. The summed E-state index contributed by atoms with van der Waals surface area (Å²) in [5.74, 6) is 0.230. The Balaban J connectivity index is 1.36. The number of benzene rings is 2. The molecule has 2 heterocycles. The van der Waals surface area contributed by atoms with Crippen molar-refractivity contribution in [2.24, 2.45) is 0 Å². The minimum absolute atomic E-state index is 0.0765. The van der Waals surface area contributed by atoms with Gasteiger partial charge in [0.15, 0.2) is 0 Å². The molecule has 0 saturated carbocycles. The number of carbonyl (C=O) groups excluding carboxylic acids is 2. The van der Waals surface area contributed by atoms with Crippen molar-refractivity contribution >= 4 is 22.6 Å². The highest BCUT2D eigenvalue weighted by atomic mass is 16.2. The predicted octanol–water partition coefficient (Wildman–Crippen LogP) is 1.39. The first-order valence-corrected chi connectivity index (χ1v) is 8.99. The zero-order valence-electron chi connectivity index (χ0n) is 14.6. The fourth-order valence-electron chi connectivity index (χ4n) is 3.59. The van der Waals surface area contributed by atoms with Crippen molar-refractivity contribution in [2.75, 3.05) is 32.7 Å². The molecule has 132 valence electrons. The van der Waals surface area contributed by atoms with Crippen molar-refractivity contribution in [3.8, 4) is 0 Å². The fraction of sp³-hybridized carbons (Fsp3) is 0.238. The lowest BCUT2D eigenvalue weighted by Crippen LogP contribution is -3.15. The topological polar surface area (TPSA) is 57.6 Å². The second kappa shape index (κ2) is 7.14. The molecule has 0 bridgehead atoms. The van der Waals surface area contributed by atoms with Crippen LogP contribution in [0.3, 0.4) is 0 Å². The minimum atomic E-state index is 0.0765. The number of aromatic amines is 1. The number of amides is 1. The van der Waals surface area contributed by atoms with Gasteiger partial charge >= 0.3 is 0 Å². The van der Waals surface area contributed by atoms with Crippen molar-refractivity contribution in [1.29, 1.82) is 0 Å². The van der Waals surface area contributed by atoms with Crippen LogP contribution >= 0.6 is 0 Å². The number of rotatable bonds is 4. The molecule has 1 aromatic heterocycles. The van der Waals surface area contributed by atoms with Gasteiger partial charge in [-0.05, 0) is 18.2 Å². The van der Waals surface area contributed by atoms with Crippen LogP contribution in [0.15, 0.2) is 60.8 Å². The monoisotopic (exact) mass is 348 g/mol. The number of aromatic nitrogens is 1. The smallest absolute Gasteiger partial charge is 0.254 e. The van der Waals surface area contributed by atoms with Gasteiger partial charge in [0.25, 0.3) is 5.91 Å². The Morgan fingerprint density at radius 3 is 2.42 bits per heavy atom. The largest absolute Gasteiger partial charge is 0.360 e. The van der Waals surface area contributed by atoms with Crippen LogP contribution in [-0.4, -0.2) is 54.3 Å². The van der Waals surface area contributed by atoms with Crippen LogP contribution in [0.2, 0.25) is 0 Å². The van der Waals surface area contributed by atoms with Gasteiger partial charge in [0.1, 0.15) is 6.54 Å². The molecule has 0 unspecified atom stereocenters. The van der Waals surface area contributed by atoms with Crippen LogP contribution in [0.4, 0.5) is 0 Å². The molecule has 0 spiro atoms. The highest BCUT2D eigenvalue weighted by Gasteiger charge is 2.26. The van der Waals surface area contributed by atoms with Crippen LogP contribution in [0.25, 0.3) is 10.9 Å². The lowest BCUT2D eigenvalue weighted by Gasteiger charge is -2.32. The van der Waals surface area contributed by atoms with Crippen molar-refractivity contribution in [3.63, 3.8) is 0 Å². The summed E-state index contributed by atoms with van der Waals surface area (Å²) in [6.45, 7) is 3.43. The van der Waals surface area contributed by atoms with Crippen molar-refractivity contribution < 1.29 is 14.5 Å². The predicted molar refractivity (Wildman–Crippen MR) is 101 cm³/mol. The zero-order valence-corrected chi connectivity index (χ0v) is 14.6. The van der Waals surface area contributed by atoms with Gasteiger partial charge in [0.05, 0.1) is 26.2 Å². The quantitative estimate of drug-likeness (QED) is 0.700. The number of carbonyl (C=O) groups is 2. The van der Waals surface area contributed by atoms with Crippen LogP contribution in [0, 0.1) is 0 Å². The maximum absolute atomic E-state index is 12.7. The summed E-state index contributed by atoms with van der Waals surface area (Å²) in [7, 11) is 0. The number of quaternary nitrogens is 1. The van der Waals surface area contributed by atoms with Gasteiger partial charge in [-0.1, -0.05) is 36.4 Å². The molecule has 0 radical (unpaired) electrons. The maximum Gasteiger partial charge on any atom is 0.254 e. The molecule has 5 nitrogen and oxygen atoms in total. The van der Waals surface area contributed by atoms with E-state index in [0.29, 0.717) is 19.6 Å². The normalized spacial score (nSPS) is 15.3. The standard InChI is InChI=1S/C21H21N3O2/c25-20(18-14-22-19-9-5-4-8-17(18)19)15-23-10-12-24(13-11-23)21(26)16-6-2-1-3-7-16/h1-9,14,22H,10-13,15H2/p+1. The average molecular weight is 348 g/mol. The van der Waals surface area contributed by atoms with Gasteiger partial charge in [0.2, 0.25) is 5.78 Å². The molecule has 5 heteroatoms. The van der Waals surface area contributed by atoms with E-state index in [0.717, 1.165) is 35.1 Å². The molecule has 1 amide bonds. The molecule has 4 rings (SSSR count). The first-order chi connectivity index (χ1) is 12.7. The molecular formula is C21H22N3O2+. The third-order valence-corrected chi connectivity index (χ3v) is 5.08. The third kappa shape index (κ3) is 3.26. The molecular weight excluding hydrogens is 326 g/mol. The number of H-pyrrole nitrogens is 1. The summed E-state index contributed by atoms with van der Waals surface area (Å²) in [6, 6.07) is 17.2. The molecule has 0 atom stereocenters. The van der Waals surface area contributed by atoms with Crippen LogP contribution in [0.5, 0.6) is 0 Å².